The van der Waals surface area contributed by atoms with Crippen molar-refractivity contribution >= 4 is 33.6 Å². The molecular weight excluding hydrogens is 365 g/mol. The highest BCUT2D eigenvalue weighted by Gasteiger charge is 2.10. The Kier molecular flexibility index (Phi) is 6.46. The fourth-order valence-electron chi connectivity index (χ4n) is 1.94. The number of carbonyl (C=O) groups excluding carboxylic acids is 1. The normalized spacial score (nSPS) is 10.5. The lowest BCUT2D eigenvalue weighted by molar-refractivity contribution is -0.127. The zero-order valence-corrected chi connectivity index (χ0v) is 14.7. The van der Waals surface area contributed by atoms with Gasteiger partial charge < -0.3 is 4.90 Å². The van der Waals surface area contributed by atoms with Gasteiger partial charge in [-0.25, -0.2) is 4.39 Å². The summed E-state index contributed by atoms with van der Waals surface area (Å²) in [7, 11) is 1.79. The van der Waals surface area contributed by atoms with Crippen LogP contribution in [0.4, 0.5) is 4.39 Å². The minimum absolute atomic E-state index is 0.0476. The van der Waals surface area contributed by atoms with Crippen LogP contribution in [-0.4, -0.2) is 23.6 Å². The summed E-state index contributed by atoms with van der Waals surface area (Å²) in [4.78, 5) is 13.8. The van der Waals surface area contributed by atoms with E-state index in [1.807, 2.05) is 36.4 Å². The van der Waals surface area contributed by atoms with Gasteiger partial charge in [-0.1, -0.05) is 52.3 Å². The van der Waals surface area contributed by atoms with Crippen molar-refractivity contribution in [3.05, 3.63) is 69.9 Å². The van der Waals surface area contributed by atoms with Gasteiger partial charge >= 0.3 is 0 Å². The number of benzene rings is 2. The predicted molar refractivity (Wildman–Crippen MR) is 93.2 cm³/mol. The molecule has 0 fully saturated rings. The highest BCUT2D eigenvalue weighted by atomic mass is 79.9. The van der Waals surface area contributed by atoms with Crippen LogP contribution in [0.1, 0.15) is 11.1 Å². The number of nitrogens with zero attached hydrogens (tertiary/aromatic N) is 1. The molecule has 0 radical (unpaired) electrons. The first-order valence-electron chi connectivity index (χ1n) is 6.86. The van der Waals surface area contributed by atoms with Gasteiger partial charge in [0, 0.05) is 23.8 Å². The second-order valence-corrected chi connectivity index (χ2v) is 6.87. The molecule has 0 heterocycles. The average Bonchev–Trinajstić information content (AvgIpc) is 2.50. The van der Waals surface area contributed by atoms with E-state index in [1.54, 1.807) is 18.0 Å². The van der Waals surface area contributed by atoms with Crippen molar-refractivity contribution in [2.45, 2.75) is 12.3 Å². The van der Waals surface area contributed by atoms with Gasteiger partial charge in [0.1, 0.15) is 5.82 Å². The molecule has 0 bridgehead atoms. The number of rotatable bonds is 6. The SMILES string of the molecule is CN(Cc1ccccc1)C(=O)CSCc1ccc(Br)cc1F. The molecule has 1 amide bonds. The quantitative estimate of drug-likeness (QED) is 0.734. The van der Waals surface area contributed by atoms with Gasteiger partial charge in [-0.3, -0.25) is 4.79 Å². The third kappa shape index (κ3) is 5.14. The van der Waals surface area contributed by atoms with Crippen LogP contribution >= 0.6 is 27.7 Å². The fraction of sp³-hybridized carbons (Fsp3) is 0.235. The lowest BCUT2D eigenvalue weighted by atomic mass is 10.2. The van der Waals surface area contributed by atoms with Gasteiger partial charge in [-0.2, -0.15) is 0 Å². The third-order valence-electron chi connectivity index (χ3n) is 3.19. The van der Waals surface area contributed by atoms with Crippen LogP contribution in [0.15, 0.2) is 53.0 Å². The molecule has 0 atom stereocenters. The van der Waals surface area contributed by atoms with Crippen molar-refractivity contribution < 1.29 is 9.18 Å². The third-order valence-corrected chi connectivity index (χ3v) is 4.65. The summed E-state index contributed by atoms with van der Waals surface area (Å²) < 4.78 is 14.4. The maximum Gasteiger partial charge on any atom is 0.232 e. The van der Waals surface area contributed by atoms with E-state index in [4.69, 9.17) is 0 Å². The van der Waals surface area contributed by atoms with E-state index in [-0.39, 0.29) is 11.7 Å². The van der Waals surface area contributed by atoms with Gasteiger partial charge in [-0.05, 0) is 23.3 Å². The minimum atomic E-state index is -0.244. The van der Waals surface area contributed by atoms with Crippen LogP contribution in [0.25, 0.3) is 0 Å². The molecule has 0 unspecified atom stereocenters. The fourth-order valence-corrected chi connectivity index (χ4v) is 3.23. The number of carbonyl (C=O) groups is 1. The van der Waals surface area contributed by atoms with E-state index < -0.39 is 0 Å². The summed E-state index contributed by atoms with van der Waals surface area (Å²) in [5.74, 6) is 0.640. The van der Waals surface area contributed by atoms with Crippen LogP contribution in [0, 0.1) is 5.82 Å². The van der Waals surface area contributed by atoms with Crippen LogP contribution in [-0.2, 0) is 17.1 Å². The molecule has 2 aromatic rings. The van der Waals surface area contributed by atoms with Crippen molar-refractivity contribution in [1.29, 1.82) is 0 Å². The summed E-state index contributed by atoms with van der Waals surface area (Å²) in [5, 5.41) is 0. The first-order chi connectivity index (χ1) is 10.6. The molecule has 22 heavy (non-hydrogen) atoms. The van der Waals surface area contributed by atoms with Gasteiger partial charge in [0.15, 0.2) is 0 Å². The van der Waals surface area contributed by atoms with Crippen LogP contribution in [0.5, 0.6) is 0 Å². The zero-order chi connectivity index (χ0) is 15.9. The monoisotopic (exact) mass is 381 g/mol. The molecule has 0 aliphatic rings. The van der Waals surface area contributed by atoms with Crippen LogP contribution in [0.3, 0.4) is 0 Å². The molecule has 0 aliphatic heterocycles. The van der Waals surface area contributed by atoms with Crippen molar-refractivity contribution in [3.8, 4) is 0 Å². The Morgan fingerprint density at radius 2 is 1.95 bits per heavy atom. The highest BCUT2D eigenvalue weighted by molar-refractivity contribution is 9.10. The lowest BCUT2D eigenvalue weighted by Gasteiger charge is -2.17. The molecule has 0 aromatic heterocycles. The van der Waals surface area contributed by atoms with E-state index in [0.29, 0.717) is 23.6 Å². The Morgan fingerprint density at radius 1 is 1.23 bits per heavy atom. The van der Waals surface area contributed by atoms with Crippen LogP contribution < -0.4 is 0 Å². The van der Waals surface area contributed by atoms with E-state index in [9.17, 15) is 9.18 Å². The van der Waals surface area contributed by atoms with E-state index >= 15 is 0 Å². The number of hydrogen-bond donors (Lipinski definition) is 0. The number of halogens is 2. The Bertz CT molecular complexity index is 636. The molecule has 2 aromatic carbocycles. The van der Waals surface area contributed by atoms with Gasteiger partial charge in [0.25, 0.3) is 0 Å². The number of hydrogen-bond acceptors (Lipinski definition) is 2. The standard InChI is InChI=1S/C17H17BrFNOS/c1-20(10-13-5-3-2-4-6-13)17(21)12-22-11-14-7-8-15(18)9-16(14)19/h2-9H,10-12H2,1H3. The maximum atomic E-state index is 13.7. The highest BCUT2D eigenvalue weighted by Crippen LogP contribution is 2.20. The molecule has 5 heteroatoms. The molecule has 0 aliphatic carbocycles. The largest absolute Gasteiger partial charge is 0.341 e. The van der Waals surface area contributed by atoms with Crippen molar-refractivity contribution in [3.63, 3.8) is 0 Å². The Morgan fingerprint density at radius 3 is 2.64 bits per heavy atom. The topological polar surface area (TPSA) is 20.3 Å². The molecule has 2 nitrogen and oxygen atoms in total. The smallest absolute Gasteiger partial charge is 0.232 e. The van der Waals surface area contributed by atoms with Crippen LogP contribution in [0.2, 0.25) is 0 Å². The van der Waals surface area contributed by atoms with Gasteiger partial charge in [0.05, 0.1) is 5.75 Å². The molecular formula is C17H17BrFNOS. The number of amides is 1. The second-order valence-electron chi connectivity index (χ2n) is 4.96. The summed E-state index contributed by atoms with van der Waals surface area (Å²) in [6, 6.07) is 14.8. The van der Waals surface area contributed by atoms with Gasteiger partial charge in [-0.15, -0.1) is 11.8 Å². The first kappa shape index (κ1) is 17.0. The average molecular weight is 382 g/mol. The Hall–Kier alpha value is -1.33. The summed E-state index contributed by atoms with van der Waals surface area (Å²) >= 11 is 4.66. The van der Waals surface area contributed by atoms with Crippen molar-refractivity contribution in [1.82, 2.24) is 4.90 Å². The van der Waals surface area contributed by atoms with E-state index in [1.165, 1.54) is 17.8 Å². The predicted octanol–water partition coefficient (Wildman–Crippen LogP) is 4.48. The first-order valence-corrected chi connectivity index (χ1v) is 8.80. The zero-order valence-electron chi connectivity index (χ0n) is 12.3. The molecule has 0 saturated heterocycles. The summed E-state index contributed by atoms with van der Waals surface area (Å²) in [5.41, 5.74) is 1.72. The van der Waals surface area contributed by atoms with Crippen molar-refractivity contribution in [2.75, 3.05) is 12.8 Å². The molecule has 116 valence electrons. The molecule has 2 rings (SSSR count). The van der Waals surface area contributed by atoms with E-state index in [2.05, 4.69) is 15.9 Å². The van der Waals surface area contributed by atoms with Crippen molar-refractivity contribution in [2.24, 2.45) is 0 Å². The van der Waals surface area contributed by atoms with E-state index in [0.717, 1.165) is 10.0 Å². The number of thioether (sulfide) groups is 1. The summed E-state index contributed by atoms with van der Waals surface area (Å²) in [6.45, 7) is 0.590. The molecule has 0 spiro atoms. The van der Waals surface area contributed by atoms with Gasteiger partial charge in [0.2, 0.25) is 5.91 Å². The second kappa shape index (κ2) is 8.34. The minimum Gasteiger partial charge on any atom is -0.341 e. The molecule has 0 saturated carbocycles. The molecule has 0 N–H and O–H groups in total. The Balaban J connectivity index is 1.80. The lowest BCUT2D eigenvalue weighted by Crippen LogP contribution is -2.27. The summed E-state index contributed by atoms with van der Waals surface area (Å²) in [6.07, 6.45) is 0. The Labute approximate surface area is 142 Å². The maximum absolute atomic E-state index is 13.7.